The standard InChI is InChI=1S/C7H6O6S.2C6H12N4.H2O/c8-6-2-1-4(14(11,12)13)3-5(6)7(9)10;2*1-7-2-9-4-8(1)5-10(3-7)6-9;/h1-3,8H,(H,9,10)(H,11,12,13);2*1-6H2;1H2. The number of quaternary nitrogens is 2. The second-order valence-corrected chi connectivity index (χ2v) is 11.1. The maximum absolute atomic E-state index is 10.9. The van der Waals surface area contributed by atoms with Crippen LogP contribution in [0.2, 0.25) is 0 Å². The predicted molar refractivity (Wildman–Crippen MR) is 116 cm³/mol. The van der Waals surface area contributed by atoms with E-state index in [0.717, 1.165) is 12.1 Å². The van der Waals surface area contributed by atoms with Gasteiger partial charge in [-0.05, 0) is 12.1 Å². The van der Waals surface area contributed by atoms with Crippen LogP contribution < -0.4 is 14.9 Å². The van der Waals surface area contributed by atoms with Gasteiger partial charge in [0.1, 0.15) is 50.1 Å². The first-order valence-electron chi connectivity index (χ1n) is 11.1. The molecule has 8 aliphatic rings. The van der Waals surface area contributed by atoms with Crippen molar-refractivity contribution in [3.8, 4) is 5.75 Å². The molecule has 0 amide bonds. The third-order valence-corrected chi connectivity index (χ3v) is 7.38. The molecule has 0 saturated carbocycles. The zero-order valence-electron chi connectivity index (χ0n) is 19.3. The first kappa shape index (κ1) is 26.1. The van der Waals surface area contributed by atoms with Gasteiger partial charge in [0.2, 0.25) is 0 Å². The van der Waals surface area contributed by atoms with Crippen LogP contribution in [0.3, 0.4) is 0 Å². The van der Waals surface area contributed by atoms with Crippen molar-refractivity contribution in [1.82, 2.24) is 29.4 Å². The number of nitrogens with zero attached hydrogens (tertiary/aromatic N) is 6. The first-order chi connectivity index (χ1) is 16.1. The largest absolute Gasteiger partial charge is 0.872 e. The van der Waals surface area contributed by atoms with E-state index in [9.17, 15) is 22.9 Å². The topological polar surface area (TPSA) is 177 Å². The van der Waals surface area contributed by atoms with Crippen molar-refractivity contribution in [3.63, 3.8) is 0 Å². The molecule has 0 radical (unpaired) electrons. The molecule has 5 N–H and O–H groups in total. The molecule has 1 aromatic carbocycles. The van der Waals surface area contributed by atoms with Crippen LogP contribution in [0, 0.1) is 0 Å². The van der Waals surface area contributed by atoms with Gasteiger partial charge in [0.15, 0.2) is 0 Å². The van der Waals surface area contributed by atoms with Gasteiger partial charge in [-0.15, -0.1) is 0 Å². The summed E-state index contributed by atoms with van der Waals surface area (Å²) in [6, 6.07) is 2.05. The number of aromatic carboxylic acids is 1. The van der Waals surface area contributed by atoms with Crippen LogP contribution in [-0.4, -0.2) is 139 Å². The highest BCUT2D eigenvalue weighted by Gasteiger charge is 2.40. The molecule has 15 nitrogen and oxygen atoms in total. The SMILES string of the molecule is C1N2CN3CN1C[NH+](C2)C3.C1N2CN3CN1C[NH+](C2)C3.O.O=C(O)c1cc(S(=O)(=O)[O-])ccc1[O-]. The Morgan fingerprint density at radius 3 is 1.37 bits per heavy atom. The van der Waals surface area contributed by atoms with Crippen molar-refractivity contribution in [1.29, 1.82) is 0 Å². The molecule has 9 rings (SSSR count). The predicted octanol–water partition coefficient (Wildman–Crippen LogP) is -6.34. The van der Waals surface area contributed by atoms with E-state index in [1.54, 1.807) is 9.80 Å². The Bertz CT molecular complexity index is 893. The van der Waals surface area contributed by atoms with Gasteiger partial charge in [0, 0.05) is 0 Å². The van der Waals surface area contributed by atoms with Crippen LogP contribution in [0.4, 0.5) is 0 Å². The monoisotopic (exact) mass is 516 g/mol. The lowest BCUT2D eigenvalue weighted by Gasteiger charge is -2.53. The minimum atomic E-state index is -4.73. The number of rotatable bonds is 2. The van der Waals surface area contributed by atoms with Crippen LogP contribution in [0.15, 0.2) is 23.1 Å². The molecule has 8 saturated heterocycles. The van der Waals surface area contributed by atoms with Crippen LogP contribution in [0.25, 0.3) is 0 Å². The van der Waals surface area contributed by atoms with E-state index < -0.39 is 32.3 Å². The van der Waals surface area contributed by atoms with Gasteiger partial charge in [-0.1, -0.05) is 11.8 Å². The van der Waals surface area contributed by atoms with Gasteiger partial charge in [-0.2, -0.15) is 0 Å². The quantitative estimate of drug-likeness (QED) is 0.317. The van der Waals surface area contributed by atoms with E-state index in [0.29, 0.717) is 6.07 Å². The maximum atomic E-state index is 10.9. The highest BCUT2D eigenvalue weighted by Crippen LogP contribution is 2.18. The fourth-order valence-corrected chi connectivity index (χ4v) is 6.09. The van der Waals surface area contributed by atoms with Crippen molar-refractivity contribution in [2.75, 3.05) is 80.0 Å². The minimum absolute atomic E-state index is 0. The highest BCUT2D eigenvalue weighted by molar-refractivity contribution is 7.85. The maximum Gasteiger partial charge on any atom is 0.335 e. The van der Waals surface area contributed by atoms with Gasteiger partial charge in [-0.25, -0.2) is 42.6 Å². The summed E-state index contributed by atoms with van der Waals surface area (Å²) in [5, 5.41) is 19.3. The number of hydrogen-bond acceptors (Lipinski definition) is 11. The summed E-state index contributed by atoms with van der Waals surface area (Å²) >= 11 is 0. The molecule has 0 spiro atoms. The number of benzene rings is 1. The molecule has 35 heavy (non-hydrogen) atoms. The number of nitrogens with one attached hydrogen (secondary N) is 2. The van der Waals surface area contributed by atoms with Gasteiger partial charge < -0.3 is 20.2 Å². The normalized spacial score (nSPS) is 37.4. The van der Waals surface area contributed by atoms with Crippen LogP contribution in [-0.2, 0) is 10.1 Å². The number of hydrogen-bond donors (Lipinski definition) is 3. The Hall–Kier alpha value is -1.96. The van der Waals surface area contributed by atoms with Crippen LogP contribution in [0.5, 0.6) is 5.75 Å². The van der Waals surface area contributed by atoms with Crippen molar-refractivity contribution < 1.29 is 43.3 Å². The number of carboxylic acid groups (broad SMARTS) is 1. The fourth-order valence-electron chi connectivity index (χ4n) is 5.59. The lowest BCUT2D eigenvalue weighted by atomic mass is 10.2. The van der Waals surface area contributed by atoms with Crippen molar-refractivity contribution in [3.05, 3.63) is 23.8 Å². The van der Waals surface area contributed by atoms with Crippen molar-refractivity contribution in [2.45, 2.75) is 4.90 Å². The van der Waals surface area contributed by atoms with Gasteiger partial charge in [-0.3, -0.25) is 9.80 Å². The Balaban J connectivity index is 0.000000124. The molecule has 16 heteroatoms. The summed E-state index contributed by atoms with van der Waals surface area (Å²) in [5.41, 5.74) is -0.734. The summed E-state index contributed by atoms with van der Waals surface area (Å²) in [6.45, 7) is 14.9. The van der Waals surface area contributed by atoms with E-state index in [1.165, 1.54) is 80.0 Å². The Labute approximate surface area is 203 Å². The molecular formula is C19H32N8O7S. The van der Waals surface area contributed by atoms with Crippen molar-refractivity contribution >= 4 is 16.1 Å². The molecule has 0 atom stereocenters. The molecule has 8 aliphatic heterocycles. The molecule has 196 valence electrons. The lowest BCUT2D eigenvalue weighted by Crippen LogP contribution is -3.21. The molecule has 0 aromatic heterocycles. The summed E-state index contributed by atoms with van der Waals surface area (Å²) < 4.78 is 31.4. The zero-order valence-corrected chi connectivity index (χ0v) is 20.1. The highest BCUT2D eigenvalue weighted by atomic mass is 32.2. The summed E-state index contributed by atoms with van der Waals surface area (Å²) in [5.74, 6) is -2.41. The second kappa shape index (κ2) is 10.2. The number of carbonyl (C=O) groups is 1. The van der Waals surface area contributed by atoms with E-state index in [-0.39, 0.29) is 5.48 Å². The van der Waals surface area contributed by atoms with Gasteiger partial charge >= 0.3 is 5.97 Å². The Kier molecular flexibility index (Phi) is 7.60. The summed E-state index contributed by atoms with van der Waals surface area (Å²) in [7, 11) is -4.73. The van der Waals surface area contributed by atoms with Gasteiger partial charge in [0.05, 0.1) is 50.5 Å². The smallest absolute Gasteiger partial charge is 0.335 e. The van der Waals surface area contributed by atoms with E-state index >= 15 is 0 Å². The average molecular weight is 517 g/mol. The summed E-state index contributed by atoms with van der Waals surface area (Å²) in [6.07, 6.45) is 0. The fraction of sp³-hybridized carbons (Fsp3) is 0.632. The second-order valence-electron chi connectivity index (χ2n) is 9.74. The molecule has 1 aromatic rings. The molecule has 8 heterocycles. The Morgan fingerprint density at radius 1 is 0.771 bits per heavy atom. The molecule has 0 aliphatic carbocycles. The molecular weight excluding hydrogens is 484 g/mol. The average Bonchev–Trinajstić information content (AvgIpc) is 2.72. The number of carboxylic acids is 1. The Morgan fingerprint density at radius 2 is 1.11 bits per heavy atom. The van der Waals surface area contributed by atoms with E-state index in [4.69, 9.17) is 5.11 Å². The third-order valence-electron chi connectivity index (χ3n) is 6.55. The van der Waals surface area contributed by atoms with Crippen LogP contribution >= 0.6 is 0 Å². The molecule has 0 unspecified atom stereocenters. The van der Waals surface area contributed by atoms with Crippen LogP contribution in [0.1, 0.15) is 10.4 Å². The first-order valence-corrected chi connectivity index (χ1v) is 12.5. The summed E-state index contributed by atoms with van der Waals surface area (Å²) in [4.78, 5) is 28.1. The zero-order chi connectivity index (χ0) is 24.0. The van der Waals surface area contributed by atoms with Gasteiger partial charge in [0.25, 0.3) is 0 Å². The lowest BCUT2D eigenvalue weighted by molar-refractivity contribution is -0.958. The van der Waals surface area contributed by atoms with E-state index in [1.807, 2.05) is 0 Å². The molecule has 8 bridgehead atoms. The van der Waals surface area contributed by atoms with E-state index in [2.05, 4.69) is 29.4 Å². The minimum Gasteiger partial charge on any atom is -0.872 e. The third kappa shape index (κ3) is 6.07. The molecule has 8 fully saturated rings. The van der Waals surface area contributed by atoms with Crippen molar-refractivity contribution in [2.24, 2.45) is 0 Å².